The third kappa shape index (κ3) is 3.18. The summed E-state index contributed by atoms with van der Waals surface area (Å²) in [5, 5.41) is 7.78. The average Bonchev–Trinajstić information content (AvgIpc) is 3.34. The molecule has 1 unspecified atom stereocenters. The van der Waals surface area contributed by atoms with E-state index >= 15 is 0 Å². The normalized spacial score (nSPS) is 17.5. The van der Waals surface area contributed by atoms with Crippen LogP contribution in [0.5, 0.6) is 0 Å². The molecule has 0 amide bonds. The number of aromatic nitrogens is 6. The molecule has 0 bridgehead atoms. The molecule has 162 valence electrons. The highest BCUT2D eigenvalue weighted by Crippen LogP contribution is 2.29. The quantitative estimate of drug-likeness (QED) is 0.496. The second kappa shape index (κ2) is 7.17. The average molecular weight is 443 g/mol. The van der Waals surface area contributed by atoms with Gasteiger partial charge in [-0.15, -0.1) is 5.10 Å². The Morgan fingerprint density at radius 1 is 1.19 bits per heavy atom. The van der Waals surface area contributed by atoms with Crippen LogP contribution in [-0.4, -0.2) is 76.7 Å². The number of rotatable bonds is 4. The molecule has 1 atom stereocenters. The predicted molar refractivity (Wildman–Crippen MR) is 116 cm³/mol. The van der Waals surface area contributed by atoms with E-state index in [1.807, 2.05) is 6.07 Å². The van der Waals surface area contributed by atoms with E-state index in [1.165, 1.54) is 10.8 Å². The molecule has 0 aromatic carbocycles. The van der Waals surface area contributed by atoms with Gasteiger partial charge in [0.25, 0.3) is 5.95 Å². The molecule has 4 aromatic rings. The third-order valence-electron chi connectivity index (χ3n) is 5.35. The molecule has 0 radical (unpaired) electrons. The Labute approximate surface area is 178 Å². The van der Waals surface area contributed by atoms with Crippen LogP contribution in [-0.2, 0) is 14.6 Å². The molecule has 0 spiro atoms. The zero-order valence-electron chi connectivity index (χ0n) is 17.3. The van der Waals surface area contributed by atoms with Crippen molar-refractivity contribution in [2.45, 2.75) is 18.0 Å². The lowest BCUT2D eigenvalue weighted by Crippen LogP contribution is -2.44. The SMILES string of the molecule is CNc1nc2cnccc2n1-c1nc(N2CCOCC2C)c2ccc(S(C)(=O)=O)n2n1. The Bertz CT molecular complexity index is 1390. The van der Waals surface area contributed by atoms with Crippen LogP contribution in [0.25, 0.3) is 22.5 Å². The molecule has 31 heavy (non-hydrogen) atoms. The summed E-state index contributed by atoms with van der Waals surface area (Å²) in [5.74, 6) is 1.48. The van der Waals surface area contributed by atoms with Crippen LogP contribution in [0.4, 0.5) is 11.8 Å². The van der Waals surface area contributed by atoms with Gasteiger partial charge in [0.1, 0.15) is 11.0 Å². The number of anilines is 2. The Hall–Kier alpha value is -3.25. The summed E-state index contributed by atoms with van der Waals surface area (Å²) >= 11 is 0. The lowest BCUT2D eigenvalue weighted by Gasteiger charge is -2.34. The fourth-order valence-corrected chi connectivity index (χ4v) is 4.65. The molecule has 0 saturated carbocycles. The summed E-state index contributed by atoms with van der Waals surface area (Å²) in [6, 6.07) is 5.20. The van der Waals surface area contributed by atoms with Crippen LogP contribution in [0.3, 0.4) is 0 Å². The summed E-state index contributed by atoms with van der Waals surface area (Å²) in [5.41, 5.74) is 2.05. The van der Waals surface area contributed by atoms with Gasteiger partial charge in [0.2, 0.25) is 5.95 Å². The molecule has 12 heteroatoms. The van der Waals surface area contributed by atoms with E-state index in [4.69, 9.17) is 9.72 Å². The second-order valence-corrected chi connectivity index (χ2v) is 9.44. The molecule has 11 nitrogen and oxygen atoms in total. The molecule has 1 N–H and O–H groups in total. The minimum Gasteiger partial charge on any atom is -0.377 e. The van der Waals surface area contributed by atoms with Gasteiger partial charge in [-0.1, -0.05) is 0 Å². The molecule has 0 aliphatic carbocycles. The summed E-state index contributed by atoms with van der Waals surface area (Å²) in [7, 11) is -1.76. The van der Waals surface area contributed by atoms with Gasteiger partial charge in [-0.2, -0.15) is 4.98 Å². The lowest BCUT2D eigenvalue weighted by atomic mass is 10.2. The molecule has 1 fully saturated rings. The van der Waals surface area contributed by atoms with Gasteiger partial charge in [-0.25, -0.2) is 22.5 Å². The van der Waals surface area contributed by atoms with Crippen molar-refractivity contribution in [2.24, 2.45) is 0 Å². The molecule has 1 aliphatic rings. The number of nitrogens with one attached hydrogen (secondary N) is 1. The summed E-state index contributed by atoms with van der Waals surface area (Å²) < 4.78 is 33.7. The first-order valence-corrected chi connectivity index (χ1v) is 11.7. The first-order valence-electron chi connectivity index (χ1n) is 9.83. The Morgan fingerprint density at radius 3 is 2.77 bits per heavy atom. The van der Waals surface area contributed by atoms with Crippen LogP contribution in [0, 0.1) is 0 Å². The smallest absolute Gasteiger partial charge is 0.257 e. The topological polar surface area (TPSA) is 120 Å². The van der Waals surface area contributed by atoms with E-state index in [0.717, 1.165) is 5.52 Å². The highest BCUT2D eigenvalue weighted by molar-refractivity contribution is 7.90. The summed E-state index contributed by atoms with van der Waals surface area (Å²) in [4.78, 5) is 15.7. The largest absolute Gasteiger partial charge is 0.377 e. The Balaban J connectivity index is 1.84. The van der Waals surface area contributed by atoms with E-state index in [1.54, 1.807) is 36.1 Å². The molecular weight excluding hydrogens is 420 g/mol. The van der Waals surface area contributed by atoms with Gasteiger partial charge in [0.15, 0.2) is 20.7 Å². The Morgan fingerprint density at radius 2 is 2.03 bits per heavy atom. The van der Waals surface area contributed by atoms with Crippen molar-refractivity contribution in [3.05, 3.63) is 30.6 Å². The third-order valence-corrected chi connectivity index (χ3v) is 6.41. The number of sulfone groups is 1. The van der Waals surface area contributed by atoms with E-state index in [2.05, 4.69) is 32.2 Å². The minimum atomic E-state index is -3.51. The van der Waals surface area contributed by atoms with Gasteiger partial charge < -0.3 is 15.0 Å². The summed E-state index contributed by atoms with van der Waals surface area (Å²) in [6.07, 6.45) is 4.50. The number of imidazole rings is 1. The fraction of sp³-hybridized carbons (Fsp3) is 0.368. The number of morpholine rings is 1. The molecule has 4 aromatic heterocycles. The highest BCUT2D eigenvalue weighted by Gasteiger charge is 2.27. The summed E-state index contributed by atoms with van der Waals surface area (Å²) in [6.45, 7) is 3.82. The monoisotopic (exact) mass is 442 g/mol. The van der Waals surface area contributed by atoms with Crippen LogP contribution in [0.2, 0.25) is 0 Å². The number of pyridine rings is 1. The molecule has 1 aliphatic heterocycles. The number of ether oxygens (including phenoxy) is 1. The first kappa shape index (κ1) is 19.7. The van der Waals surface area contributed by atoms with Crippen molar-refractivity contribution in [1.29, 1.82) is 0 Å². The highest BCUT2D eigenvalue weighted by atomic mass is 32.2. The molecule has 5 rings (SSSR count). The Kier molecular flexibility index (Phi) is 4.55. The molecule has 1 saturated heterocycles. The van der Waals surface area contributed by atoms with E-state index < -0.39 is 9.84 Å². The number of nitrogens with zero attached hydrogens (tertiary/aromatic N) is 7. The number of hydrogen-bond acceptors (Lipinski definition) is 9. The van der Waals surface area contributed by atoms with E-state index in [-0.39, 0.29) is 11.1 Å². The second-order valence-electron chi connectivity index (χ2n) is 7.48. The van der Waals surface area contributed by atoms with E-state index in [0.29, 0.717) is 48.5 Å². The molecule has 5 heterocycles. The standard InChI is InChI=1S/C19H22N8O3S/c1-12-11-30-9-8-25(12)17-15-4-5-16(31(3,28)29)27(15)24-19(23-17)26-14-6-7-21-10-13(14)22-18(26)20-2/h4-7,10,12H,8-9,11H2,1-3H3,(H,20,22). The van der Waals surface area contributed by atoms with Crippen LogP contribution < -0.4 is 10.2 Å². The maximum atomic E-state index is 12.4. The fourth-order valence-electron chi connectivity index (χ4n) is 3.88. The van der Waals surface area contributed by atoms with Gasteiger partial charge >= 0.3 is 0 Å². The van der Waals surface area contributed by atoms with E-state index in [9.17, 15) is 8.42 Å². The predicted octanol–water partition coefficient (Wildman–Crippen LogP) is 1.13. The molecular formula is C19H22N8O3S. The first-order chi connectivity index (χ1) is 14.9. The van der Waals surface area contributed by atoms with Crippen LogP contribution in [0.15, 0.2) is 35.6 Å². The maximum Gasteiger partial charge on any atom is 0.257 e. The zero-order valence-corrected chi connectivity index (χ0v) is 18.2. The van der Waals surface area contributed by atoms with Gasteiger partial charge in [-0.05, 0) is 25.1 Å². The van der Waals surface area contributed by atoms with Crippen molar-refractivity contribution in [1.82, 2.24) is 29.1 Å². The van der Waals surface area contributed by atoms with Crippen molar-refractivity contribution in [3.8, 4) is 5.95 Å². The van der Waals surface area contributed by atoms with Crippen molar-refractivity contribution < 1.29 is 13.2 Å². The zero-order chi connectivity index (χ0) is 21.8. The van der Waals surface area contributed by atoms with Crippen LogP contribution in [0.1, 0.15) is 6.92 Å². The van der Waals surface area contributed by atoms with Crippen molar-refractivity contribution in [3.63, 3.8) is 0 Å². The minimum absolute atomic E-state index is 0.0735. The van der Waals surface area contributed by atoms with Crippen molar-refractivity contribution >= 4 is 38.2 Å². The van der Waals surface area contributed by atoms with Gasteiger partial charge in [0, 0.05) is 26.0 Å². The number of fused-ring (bicyclic) bond motifs is 2. The maximum absolute atomic E-state index is 12.4. The lowest BCUT2D eigenvalue weighted by molar-refractivity contribution is 0.0986. The van der Waals surface area contributed by atoms with Gasteiger partial charge in [-0.3, -0.25) is 4.98 Å². The van der Waals surface area contributed by atoms with Gasteiger partial charge in [0.05, 0.1) is 31.0 Å². The number of hydrogen-bond donors (Lipinski definition) is 1. The van der Waals surface area contributed by atoms with Crippen molar-refractivity contribution in [2.75, 3.05) is 43.3 Å². The van der Waals surface area contributed by atoms with Crippen LogP contribution >= 0.6 is 0 Å².